The van der Waals surface area contributed by atoms with Gasteiger partial charge in [-0.25, -0.2) is 0 Å². The largest absolute Gasteiger partial charge is 0.168 e. The summed E-state index contributed by atoms with van der Waals surface area (Å²) in [7, 11) is 10.6. The van der Waals surface area contributed by atoms with Crippen molar-refractivity contribution in [3.05, 3.63) is 109 Å². The van der Waals surface area contributed by atoms with E-state index in [2.05, 4.69) is 103 Å². The third kappa shape index (κ3) is 12.1. The average Bonchev–Trinajstić information content (AvgIpc) is 3.26. The van der Waals surface area contributed by atoms with E-state index in [-0.39, 0.29) is 0 Å². The van der Waals surface area contributed by atoms with E-state index >= 15 is 0 Å². The van der Waals surface area contributed by atoms with E-state index in [0.29, 0.717) is 6.42 Å². The van der Waals surface area contributed by atoms with Gasteiger partial charge in [0, 0.05) is 5.91 Å². The second kappa shape index (κ2) is 17.0. The van der Waals surface area contributed by atoms with Crippen LogP contribution in [0.25, 0.3) is 16.5 Å². The van der Waals surface area contributed by atoms with Crippen LogP contribution in [0.3, 0.4) is 0 Å². The van der Waals surface area contributed by atoms with Gasteiger partial charge in [-0.2, -0.15) is 17.5 Å². The fraction of sp³-hybridized carbons (Fsp3) is 0.0833. The Balaban J connectivity index is 0.000000230. The molecule has 0 aliphatic rings. The Labute approximate surface area is 198 Å². The van der Waals surface area contributed by atoms with Gasteiger partial charge in [-0.05, 0) is 6.42 Å². The SMILES string of the molecule is CCC([NH-])=O.[Cl][Ti][Cl].c1ccc([Si]c2ccccc2)cc1.c1ccc2[cH-]ccc2c1. The second-order valence-electron chi connectivity index (χ2n) is 5.86. The Morgan fingerprint density at radius 3 is 1.73 bits per heavy atom. The summed E-state index contributed by atoms with van der Waals surface area (Å²) in [6, 6.07) is 35.8. The molecule has 1 amide bonds. The van der Waals surface area contributed by atoms with Gasteiger partial charge in [-0.15, -0.1) is 29.7 Å². The molecule has 0 spiro atoms. The van der Waals surface area contributed by atoms with Gasteiger partial charge >= 0.3 is 35.6 Å². The summed E-state index contributed by atoms with van der Waals surface area (Å²) in [6.07, 6.45) is 0.333. The molecule has 0 heterocycles. The zero-order chi connectivity index (χ0) is 22.0. The molecule has 2 nitrogen and oxygen atoms in total. The molecule has 2 radical (unpaired) electrons. The molecule has 4 rings (SSSR count). The van der Waals surface area contributed by atoms with Crippen LogP contribution in [0.15, 0.2) is 103 Å². The average molecular weight is 488 g/mol. The molecule has 0 aliphatic heterocycles. The minimum absolute atomic E-state index is 0.333. The van der Waals surface area contributed by atoms with E-state index < -0.39 is 22.9 Å². The van der Waals surface area contributed by atoms with Crippen LogP contribution in [0.4, 0.5) is 0 Å². The molecule has 1 N–H and O–H groups in total. The standard InChI is InChI=1S/C12H10Si.C9H7.C3H7NO.2ClH.Ti/c1-3-7-11(8-4-1)13-12-9-5-2-6-10-12;1-2-5-9-7-3-6-8(9)4-1;1-2-3(4)5;;;/h1-10H;1-7H;2H2,1H3,(H2,4,5);2*1H;/q;-1;;;;+2/p-3. The first-order chi connectivity index (χ1) is 14.6. The Morgan fingerprint density at radius 2 is 1.30 bits per heavy atom. The zero-order valence-corrected chi connectivity index (χ0v) is 20.8. The number of halogens is 2. The number of amides is 1. The van der Waals surface area contributed by atoms with Gasteiger partial charge < -0.3 is 10.5 Å². The maximum atomic E-state index is 9.48. The van der Waals surface area contributed by atoms with Crippen LogP contribution in [0, 0.1) is 0 Å². The maximum Gasteiger partial charge on any atom is 0.121 e. The molecule has 0 bridgehead atoms. The van der Waals surface area contributed by atoms with Gasteiger partial charge in [0.1, 0.15) is 9.52 Å². The summed E-state index contributed by atoms with van der Waals surface area (Å²) in [5.74, 6) is -0.495. The third-order valence-corrected chi connectivity index (χ3v) is 4.95. The van der Waals surface area contributed by atoms with Crippen molar-refractivity contribution < 1.29 is 21.8 Å². The van der Waals surface area contributed by atoms with Crippen LogP contribution in [0.2, 0.25) is 0 Å². The van der Waals surface area contributed by atoms with Gasteiger partial charge in [0.25, 0.3) is 0 Å². The summed E-state index contributed by atoms with van der Waals surface area (Å²) in [5, 5.41) is 5.46. The van der Waals surface area contributed by atoms with Crippen LogP contribution in [-0.2, 0) is 21.8 Å². The summed E-state index contributed by atoms with van der Waals surface area (Å²) >= 11 is -0.556. The van der Waals surface area contributed by atoms with Crippen LogP contribution in [0.5, 0.6) is 0 Å². The number of hydrogen-bond donors (Lipinski definition) is 0. The quantitative estimate of drug-likeness (QED) is 0.248. The smallest absolute Gasteiger partial charge is 0.121 e. The number of hydrogen-bond acceptors (Lipinski definition) is 1. The van der Waals surface area contributed by atoms with Gasteiger partial charge in [-0.1, -0.05) is 84.0 Å². The van der Waals surface area contributed by atoms with Crippen molar-refractivity contribution in [2.45, 2.75) is 13.3 Å². The maximum absolute atomic E-state index is 9.48. The van der Waals surface area contributed by atoms with E-state index in [1.54, 1.807) is 6.92 Å². The third-order valence-electron chi connectivity index (χ3n) is 3.70. The first-order valence-electron chi connectivity index (χ1n) is 9.29. The number of fused-ring (bicyclic) bond motifs is 1. The Bertz CT molecular complexity index is 881. The molecular weight excluding hydrogens is 465 g/mol. The number of carbonyl (C=O) groups is 1. The molecule has 154 valence electrons. The predicted octanol–water partition coefficient (Wildman–Crippen LogP) is 6.25. The Kier molecular flexibility index (Phi) is 14.9. The van der Waals surface area contributed by atoms with Crippen molar-refractivity contribution in [1.29, 1.82) is 0 Å². The molecule has 0 atom stereocenters. The molecule has 0 aliphatic carbocycles. The fourth-order valence-corrected chi connectivity index (χ4v) is 3.33. The minimum Gasteiger partial charge on any atom is -0.168 e. The molecule has 4 aromatic rings. The van der Waals surface area contributed by atoms with Crippen molar-refractivity contribution in [2.24, 2.45) is 0 Å². The van der Waals surface area contributed by atoms with Crippen molar-refractivity contribution in [1.82, 2.24) is 0 Å². The molecule has 30 heavy (non-hydrogen) atoms. The monoisotopic (exact) mass is 487 g/mol. The summed E-state index contributed by atoms with van der Waals surface area (Å²) in [6.45, 7) is 1.66. The van der Waals surface area contributed by atoms with Crippen LogP contribution in [0.1, 0.15) is 13.3 Å². The Morgan fingerprint density at radius 1 is 0.867 bits per heavy atom. The molecule has 0 unspecified atom stereocenters. The predicted molar refractivity (Wildman–Crippen MR) is 129 cm³/mol. The van der Waals surface area contributed by atoms with Gasteiger partial charge in [0.05, 0.1) is 0 Å². The number of nitrogens with one attached hydrogen (secondary N) is 1. The molecule has 6 heteroatoms. The van der Waals surface area contributed by atoms with E-state index in [0.717, 1.165) is 9.52 Å². The van der Waals surface area contributed by atoms with Gasteiger partial charge in [0.2, 0.25) is 0 Å². The van der Waals surface area contributed by atoms with E-state index in [9.17, 15) is 4.79 Å². The molecule has 4 aromatic carbocycles. The first-order valence-corrected chi connectivity index (χ1v) is 14.6. The van der Waals surface area contributed by atoms with Gasteiger partial charge in [0.15, 0.2) is 0 Å². The number of rotatable bonds is 3. The minimum atomic E-state index is -0.556. The fourth-order valence-electron chi connectivity index (χ4n) is 2.28. The zero-order valence-electron chi connectivity index (χ0n) is 16.7. The Hall–Kier alpha value is -1.75. The summed E-state index contributed by atoms with van der Waals surface area (Å²) < 4.78 is 0. The van der Waals surface area contributed by atoms with Crippen LogP contribution < -0.4 is 10.4 Å². The molecule has 0 saturated carbocycles. The second-order valence-corrected chi connectivity index (χ2v) is 9.84. The van der Waals surface area contributed by atoms with E-state index in [1.165, 1.54) is 21.1 Å². The normalized spacial score (nSPS) is 9.03. The number of benzene rings is 3. The molecule has 0 aromatic heterocycles. The molecule has 0 fully saturated rings. The van der Waals surface area contributed by atoms with Crippen molar-refractivity contribution >= 4 is 55.2 Å². The van der Waals surface area contributed by atoms with Crippen molar-refractivity contribution in [3.63, 3.8) is 0 Å². The summed E-state index contributed by atoms with van der Waals surface area (Å²) in [4.78, 5) is 9.48. The number of carbonyl (C=O) groups excluding carboxylic acids is 1. The van der Waals surface area contributed by atoms with Crippen LogP contribution >= 0.6 is 18.6 Å². The topological polar surface area (TPSA) is 40.9 Å². The van der Waals surface area contributed by atoms with Gasteiger partial charge in [-0.3, -0.25) is 0 Å². The van der Waals surface area contributed by atoms with E-state index in [4.69, 9.17) is 24.3 Å². The van der Waals surface area contributed by atoms with Crippen molar-refractivity contribution in [2.75, 3.05) is 0 Å². The first kappa shape index (κ1) is 26.3. The molecular formula is C24H23Cl2NOSiTi-2. The van der Waals surface area contributed by atoms with Crippen molar-refractivity contribution in [3.8, 4) is 0 Å². The summed E-state index contributed by atoms with van der Waals surface area (Å²) in [5.41, 5.74) is 6.19. The van der Waals surface area contributed by atoms with Crippen LogP contribution in [-0.4, -0.2) is 15.4 Å². The molecule has 0 saturated heterocycles. The van der Waals surface area contributed by atoms with E-state index in [1.807, 2.05) is 0 Å².